The number of benzene rings is 1. The highest BCUT2D eigenvalue weighted by Crippen LogP contribution is 2.27. The van der Waals surface area contributed by atoms with Crippen molar-refractivity contribution in [2.75, 3.05) is 20.8 Å². The highest BCUT2D eigenvalue weighted by Gasteiger charge is 2.08. The van der Waals surface area contributed by atoms with Crippen LogP contribution in [0.2, 0.25) is 0 Å². The van der Waals surface area contributed by atoms with Crippen molar-refractivity contribution < 1.29 is 14.3 Å². The zero-order valence-corrected chi connectivity index (χ0v) is 15.1. The number of nitrogens with zero attached hydrogens (tertiary/aromatic N) is 2. The molecule has 3 rings (SSSR count). The first-order valence-electron chi connectivity index (χ1n) is 8.60. The Balaban J connectivity index is 1.47. The standard InChI is InChI=1S/C20H23N3O3/c1-25-17-9-8-15(12-18(17)26-2)13-20(24)21-10-5-7-19-22-14-16-6-3-4-11-23(16)19/h3-4,6,8-9,11-12,14H,5,7,10,13H2,1-2H3,(H,21,24). The third-order valence-corrected chi connectivity index (χ3v) is 4.23. The van der Waals surface area contributed by atoms with Gasteiger partial charge in [-0.25, -0.2) is 4.98 Å². The Morgan fingerprint density at radius 2 is 2.00 bits per heavy atom. The van der Waals surface area contributed by atoms with E-state index in [0.717, 1.165) is 29.7 Å². The maximum Gasteiger partial charge on any atom is 0.224 e. The molecule has 1 amide bonds. The fourth-order valence-corrected chi connectivity index (χ4v) is 2.90. The molecule has 0 fully saturated rings. The van der Waals surface area contributed by atoms with Crippen LogP contribution in [0.25, 0.3) is 5.52 Å². The zero-order valence-electron chi connectivity index (χ0n) is 15.1. The van der Waals surface area contributed by atoms with Crippen molar-refractivity contribution in [1.29, 1.82) is 0 Å². The minimum absolute atomic E-state index is 0.00908. The van der Waals surface area contributed by atoms with Gasteiger partial charge >= 0.3 is 0 Å². The van der Waals surface area contributed by atoms with Gasteiger partial charge in [-0.2, -0.15) is 0 Å². The Hall–Kier alpha value is -3.02. The molecule has 0 aliphatic carbocycles. The van der Waals surface area contributed by atoms with E-state index in [2.05, 4.69) is 14.7 Å². The van der Waals surface area contributed by atoms with Gasteiger partial charge in [0.05, 0.1) is 32.4 Å². The Bertz CT molecular complexity index is 889. The van der Waals surface area contributed by atoms with E-state index < -0.39 is 0 Å². The van der Waals surface area contributed by atoms with Gasteiger partial charge in [0.15, 0.2) is 11.5 Å². The first-order valence-corrected chi connectivity index (χ1v) is 8.60. The van der Waals surface area contributed by atoms with Crippen LogP contribution >= 0.6 is 0 Å². The number of nitrogens with one attached hydrogen (secondary N) is 1. The van der Waals surface area contributed by atoms with Gasteiger partial charge in [0.1, 0.15) is 5.82 Å². The van der Waals surface area contributed by atoms with E-state index in [-0.39, 0.29) is 5.91 Å². The number of aryl methyl sites for hydroxylation is 1. The second kappa shape index (κ2) is 8.38. The van der Waals surface area contributed by atoms with Crippen LogP contribution in [-0.2, 0) is 17.6 Å². The SMILES string of the molecule is COc1ccc(CC(=O)NCCCc2ncc3ccccn23)cc1OC. The predicted molar refractivity (Wildman–Crippen MR) is 99.8 cm³/mol. The van der Waals surface area contributed by atoms with Crippen molar-refractivity contribution >= 4 is 11.4 Å². The summed E-state index contributed by atoms with van der Waals surface area (Å²) in [6.45, 7) is 0.619. The lowest BCUT2D eigenvalue weighted by Gasteiger charge is -2.10. The molecular formula is C20H23N3O3. The van der Waals surface area contributed by atoms with Gasteiger partial charge in [-0.3, -0.25) is 4.79 Å². The van der Waals surface area contributed by atoms with Crippen LogP contribution < -0.4 is 14.8 Å². The molecule has 0 unspecified atom stereocenters. The molecular weight excluding hydrogens is 330 g/mol. The van der Waals surface area contributed by atoms with Crippen LogP contribution in [-0.4, -0.2) is 36.1 Å². The summed E-state index contributed by atoms with van der Waals surface area (Å²) in [5.41, 5.74) is 1.97. The zero-order chi connectivity index (χ0) is 18.4. The molecule has 0 saturated carbocycles. The molecule has 3 aromatic rings. The maximum atomic E-state index is 12.1. The summed E-state index contributed by atoms with van der Waals surface area (Å²) >= 11 is 0. The predicted octanol–water partition coefficient (Wildman–Crippen LogP) is 2.64. The van der Waals surface area contributed by atoms with Crippen LogP contribution in [0.1, 0.15) is 17.8 Å². The minimum Gasteiger partial charge on any atom is -0.493 e. The number of carbonyl (C=O) groups is 1. The van der Waals surface area contributed by atoms with Crippen LogP contribution in [0.15, 0.2) is 48.8 Å². The number of carbonyl (C=O) groups excluding carboxylic acids is 1. The second-order valence-electron chi connectivity index (χ2n) is 5.99. The van der Waals surface area contributed by atoms with E-state index in [9.17, 15) is 4.79 Å². The number of pyridine rings is 1. The van der Waals surface area contributed by atoms with Crippen molar-refractivity contribution in [3.63, 3.8) is 0 Å². The van der Waals surface area contributed by atoms with Crippen molar-refractivity contribution in [3.05, 3.63) is 60.2 Å². The van der Waals surface area contributed by atoms with Gasteiger partial charge in [0.2, 0.25) is 5.91 Å². The Morgan fingerprint density at radius 1 is 1.15 bits per heavy atom. The van der Waals surface area contributed by atoms with Crippen LogP contribution in [0.4, 0.5) is 0 Å². The molecule has 0 spiro atoms. The number of ether oxygens (including phenoxy) is 2. The van der Waals surface area contributed by atoms with Crippen LogP contribution in [0.3, 0.4) is 0 Å². The summed E-state index contributed by atoms with van der Waals surface area (Å²) in [4.78, 5) is 16.6. The molecule has 0 aliphatic rings. The van der Waals surface area contributed by atoms with Crippen molar-refractivity contribution in [3.8, 4) is 11.5 Å². The average molecular weight is 353 g/mol. The number of amides is 1. The maximum absolute atomic E-state index is 12.1. The lowest BCUT2D eigenvalue weighted by atomic mass is 10.1. The topological polar surface area (TPSA) is 64.9 Å². The monoisotopic (exact) mass is 353 g/mol. The Labute approximate surface area is 152 Å². The molecule has 0 saturated heterocycles. The summed E-state index contributed by atoms with van der Waals surface area (Å²) in [5.74, 6) is 2.28. The van der Waals surface area contributed by atoms with Crippen molar-refractivity contribution in [1.82, 2.24) is 14.7 Å². The highest BCUT2D eigenvalue weighted by atomic mass is 16.5. The van der Waals surface area contributed by atoms with Gasteiger partial charge in [-0.05, 0) is 36.2 Å². The normalized spacial score (nSPS) is 10.7. The van der Waals surface area contributed by atoms with Gasteiger partial charge in [-0.1, -0.05) is 12.1 Å². The quantitative estimate of drug-likeness (QED) is 0.632. The first kappa shape index (κ1) is 17.8. The lowest BCUT2D eigenvalue weighted by Crippen LogP contribution is -2.26. The molecule has 2 aromatic heterocycles. The van der Waals surface area contributed by atoms with Crippen LogP contribution in [0.5, 0.6) is 11.5 Å². The molecule has 6 heteroatoms. The van der Waals surface area contributed by atoms with Gasteiger partial charge in [-0.15, -0.1) is 0 Å². The molecule has 0 radical (unpaired) electrons. The number of hydrogen-bond donors (Lipinski definition) is 1. The molecule has 1 aromatic carbocycles. The first-order chi connectivity index (χ1) is 12.7. The molecule has 136 valence electrons. The second-order valence-corrected chi connectivity index (χ2v) is 5.99. The van der Waals surface area contributed by atoms with E-state index in [1.807, 2.05) is 48.8 Å². The average Bonchev–Trinajstić information content (AvgIpc) is 3.08. The van der Waals surface area contributed by atoms with Crippen molar-refractivity contribution in [2.24, 2.45) is 0 Å². The third-order valence-electron chi connectivity index (χ3n) is 4.23. The minimum atomic E-state index is -0.00908. The summed E-state index contributed by atoms with van der Waals surface area (Å²) in [6.07, 6.45) is 5.84. The lowest BCUT2D eigenvalue weighted by molar-refractivity contribution is -0.120. The van der Waals surface area contributed by atoms with Gasteiger partial charge < -0.3 is 19.2 Å². The fourth-order valence-electron chi connectivity index (χ4n) is 2.90. The number of imidazole rings is 1. The molecule has 0 atom stereocenters. The van der Waals surface area contributed by atoms with E-state index in [1.165, 1.54) is 0 Å². The molecule has 6 nitrogen and oxygen atoms in total. The van der Waals surface area contributed by atoms with E-state index in [0.29, 0.717) is 24.5 Å². The number of aromatic nitrogens is 2. The number of hydrogen-bond acceptors (Lipinski definition) is 4. The summed E-state index contributed by atoms with van der Waals surface area (Å²) in [7, 11) is 3.17. The molecule has 1 N–H and O–H groups in total. The van der Waals surface area contributed by atoms with Crippen molar-refractivity contribution in [2.45, 2.75) is 19.3 Å². The summed E-state index contributed by atoms with van der Waals surface area (Å²) in [5, 5.41) is 2.96. The molecule has 26 heavy (non-hydrogen) atoms. The molecule has 0 aliphatic heterocycles. The van der Waals surface area contributed by atoms with E-state index in [1.54, 1.807) is 14.2 Å². The Kier molecular flexibility index (Phi) is 5.73. The molecule has 0 bridgehead atoms. The number of methoxy groups -OCH3 is 2. The third kappa shape index (κ3) is 4.14. The van der Waals surface area contributed by atoms with E-state index in [4.69, 9.17) is 9.47 Å². The Morgan fingerprint density at radius 3 is 2.81 bits per heavy atom. The van der Waals surface area contributed by atoms with Gasteiger partial charge in [0, 0.05) is 19.2 Å². The fraction of sp³-hybridized carbons (Fsp3) is 0.300. The van der Waals surface area contributed by atoms with E-state index >= 15 is 0 Å². The smallest absolute Gasteiger partial charge is 0.224 e. The highest BCUT2D eigenvalue weighted by molar-refractivity contribution is 5.78. The number of rotatable bonds is 8. The molecule has 2 heterocycles. The number of fused-ring (bicyclic) bond motifs is 1. The van der Waals surface area contributed by atoms with Crippen LogP contribution in [0, 0.1) is 0 Å². The largest absolute Gasteiger partial charge is 0.493 e. The summed E-state index contributed by atoms with van der Waals surface area (Å²) < 4.78 is 12.6. The van der Waals surface area contributed by atoms with Gasteiger partial charge in [0.25, 0.3) is 0 Å². The summed E-state index contributed by atoms with van der Waals surface area (Å²) in [6, 6.07) is 11.5.